The fourth-order valence-electron chi connectivity index (χ4n) is 7.52. The summed E-state index contributed by atoms with van der Waals surface area (Å²) in [7, 11) is 0. The Morgan fingerprint density at radius 3 is 1.80 bits per heavy atom. The minimum absolute atomic E-state index is 0.955. The molecule has 0 atom stereocenters. The van der Waals surface area contributed by atoms with Crippen LogP contribution < -0.4 is 0 Å². The Labute approximate surface area is 269 Å². The maximum atomic E-state index is 6.47. The minimum atomic E-state index is 0.955. The summed E-state index contributed by atoms with van der Waals surface area (Å²) in [4.78, 5) is 0. The van der Waals surface area contributed by atoms with Gasteiger partial charge in [0.25, 0.3) is 0 Å². The molecule has 0 bridgehead atoms. The van der Waals surface area contributed by atoms with Crippen molar-refractivity contribution in [1.82, 2.24) is 0 Å². The van der Waals surface area contributed by atoms with Crippen LogP contribution >= 0.6 is 11.3 Å². The van der Waals surface area contributed by atoms with Crippen LogP contribution in [0.4, 0.5) is 0 Å². The predicted octanol–water partition coefficient (Wildman–Crippen LogP) is 13.3. The third-order valence-corrected chi connectivity index (χ3v) is 10.6. The van der Waals surface area contributed by atoms with Gasteiger partial charge in [-0.2, -0.15) is 0 Å². The van der Waals surface area contributed by atoms with Crippen LogP contribution in [0, 0.1) is 0 Å². The van der Waals surface area contributed by atoms with E-state index in [9.17, 15) is 0 Å². The third kappa shape index (κ3) is 3.68. The van der Waals surface area contributed by atoms with Gasteiger partial charge >= 0.3 is 0 Å². The molecule has 0 saturated carbocycles. The Balaban J connectivity index is 1.32. The van der Waals surface area contributed by atoms with E-state index < -0.39 is 0 Å². The molecule has 214 valence electrons. The lowest BCUT2D eigenvalue weighted by Gasteiger charge is -2.18. The zero-order valence-corrected chi connectivity index (χ0v) is 25.6. The van der Waals surface area contributed by atoms with Crippen molar-refractivity contribution >= 4 is 74.8 Å². The fraction of sp³-hybridized carbons (Fsp3) is 0. The normalized spacial score (nSPS) is 11.9. The second-order valence-electron chi connectivity index (χ2n) is 12.0. The molecular weight excluding hydrogens is 577 g/mol. The van der Waals surface area contributed by atoms with E-state index in [-0.39, 0.29) is 0 Å². The van der Waals surface area contributed by atoms with Gasteiger partial charge in [0.2, 0.25) is 0 Å². The maximum absolute atomic E-state index is 6.47. The summed E-state index contributed by atoms with van der Waals surface area (Å²) in [5, 5.41) is 11.2. The summed E-state index contributed by atoms with van der Waals surface area (Å²) in [6, 6.07) is 55.2. The monoisotopic (exact) mass is 602 g/mol. The van der Waals surface area contributed by atoms with Gasteiger partial charge < -0.3 is 4.42 Å². The van der Waals surface area contributed by atoms with Crippen molar-refractivity contribution in [2.24, 2.45) is 0 Å². The number of thiophene rings is 1. The molecule has 46 heavy (non-hydrogen) atoms. The molecule has 2 heterocycles. The summed E-state index contributed by atoms with van der Waals surface area (Å²) in [6.07, 6.45) is 1.93. The maximum Gasteiger partial charge on any atom is 0.143 e. The van der Waals surface area contributed by atoms with Gasteiger partial charge in [-0.15, -0.1) is 11.3 Å². The number of hydrogen-bond donors (Lipinski definition) is 0. The van der Waals surface area contributed by atoms with E-state index in [1.54, 1.807) is 0 Å². The number of hydrogen-bond acceptors (Lipinski definition) is 2. The van der Waals surface area contributed by atoms with Gasteiger partial charge in [0.15, 0.2) is 0 Å². The molecule has 1 nitrogen and oxygen atoms in total. The smallest absolute Gasteiger partial charge is 0.143 e. The largest absolute Gasteiger partial charge is 0.463 e. The summed E-state index contributed by atoms with van der Waals surface area (Å²) in [5.41, 5.74) is 8.29. The molecule has 0 amide bonds. The van der Waals surface area contributed by atoms with Crippen LogP contribution in [0.1, 0.15) is 0 Å². The number of furan rings is 1. The van der Waals surface area contributed by atoms with Crippen molar-refractivity contribution in [2.75, 3.05) is 0 Å². The van der Waals surface area contributed by atoms with Crippen LogP contribution in [0.2, 0.25) is 0 Å². The van der Waals surface area contributed by atoms with Crippen molar-refractivity contribution in [3.8, 4) is 33.4 Å². The van der Waals surface area contributed by atoms with Crippen molar-refractivity contribution < 1.29 is 4.42 Å². The van der Waals surface area contributed by atoms with E-state index in [0.29, 0.717) is 0 Å². The lowest BCUT2D eigenvalue weighted by atomic mass is 9.84. The molecule has 2 aromatic heterocycles. The van der Waals surface area contributed by atoms with Gasteiger partial charge in [0.1, 0.15) is 5.58 Å². The summed E-state index contributed by atoms with van der Waals surface area (Å²) < 4.78 is 8.98. The van der Waals surface area contributed by atoms with E-state index in [4.69, 9.17) is 4.42 Å². The molecule has 0 radical (unpaired) electrons. The van der Waals surface area contributed by atoms with Crippen LogP contribution in [-0.4, -0.2) is 0 Å². The second-order valence-corrected chi connectivity index (χ2v) is 13.1. The van der Waals surface area contributed by atoms with Gasteiger partial charge in [-0.05, 0) is 84.4 Å². The molecule has 0 fully saturated rings. The Kier molecular flexibility index (Phi) is 5.51. The lowest BCUT2D eigenvalue weighted by molar-refractivity contribution is 0.620. The Hall–Kier alpha value is -5.70. The van der Waals surface area contributed by atoms with E-state index in [2.05, 4.69) is 152 Å². The summed E-state index contributed by atoms with van der Waals surface area (Å²) >= 11 is 1.84. The van der Waals surface area contributed by atoms with E-state index in [1.807, 2.05) is 17.6 Å². The minimum Gasteiger partial charge on any atom is -0.463 e. The zero-order chi connectivity index (χ0) is 30.2. The average molecular weight is 603 g/mol. The van der Waals surface area contributed by atoms with Gasteiger partial charge in [0.05, 0.1) is 6.26 Å². The van der Waals surface area contributed by atoms with E-state index in [0.717, 1.165) is 16.5 Å². The fourth-order valence-corrected chi connectivity index (χ4v) is 8.65. The quantitative estimate of drug-likeness (QED) is 0.183. The number of rotatable bonds is 3. The molecule has 0 spiro atoms. The Morgan fingerprint density at radius 2 is 1.04 bits per heavy atom. The predicted molar refractivity (Wildman–Crippen MR) is 198 cm³/mol. The Bertz CT molecular complexity index is 2740. The SMILES string of the molecule is c1ccc(-c2coc3c2ccc2sc4cccc(-c5c6ccccc6c(-c6ccc7ccccc7c6)c6ccccc56)c4c23)cc1. The Morgan fingerprint density at radius 1 is 0.391 bits per heavy atom. The standard InChI is InChI=1S/C44H26OS/c1-2-12-28(13-3-1)37-26-45-44-35(37)23-24-39-43(44)42-36(19-10-20-38(42)46-39)41-33-17-8-6-15-31(33)40(32-16-7-9-18-34(32)41)30-22-21-27-11-4-5-14-29(27)25-30/h1-26H. The van der Waals surface area contributed by atoms with Gasteiger partial charge in [-0.1, -0.05) is 127 Å². The highest BCUT2D eigenvalue weighted by atomic mass is 32.1. The molecule has 0 N–H and O–H groups in total. The first-order valence-electron chi connectivity index (χ1n) is 15.7. The summed E-state index contributed by atoms with van der Waals surface area (Å²) in [5.74, 6) is 0. The average Bonchev–Trinajstić information content (AvgIpc) is 3.72. The molecule has 0 saturated heterocycles. The highest BCUT2D eigenvalue weighted by molar-refractivity contribution is 7.26. The van der Waals surface area contributed by atoms with Crippen LogP contribution in [0.5, 0.6) is 0 Å². The highest BCUT2D eigenvalue weighted by Gasteiger charge is 2.22. The summed E-state index contributed by atoms with van der Waals surface area (Å²) in [6.45, 7) is 0. The zero-order valence-electron chi connectivity index (χ0n) is 24.8. The lowest BCUT2D eigenvalue weighted by Crippen LogP contribution is -1.91. The molecule has 0 aliphatic carbocycles. The molecule has 8 aromatic carbocycles. The van der Waals surface area contributed by atoms with Crippen molar-refractivity contribution in [3.63, 3.8) is 0 Å². The van der Waals surface area contributed by atoms with Crippen molar-refractivity contribution in [2.45, 2.75) is 0 Å². The first-order chi connectivity index (χ1) is 22.8. The van der Waals surface area contributed by atoms with Crippen molar-refractivity contribution in [3.05, 3.63) is 158 Å². The van der Waals surface area contributed by atoms with Crippen LogP contribution in [0.25, 0.3) is 96.8 Å². The third-order valence-electron chi connectivity index (χ3n) is 9.52. The molecule has 2 heteroatoms. The number of fused-ring (bicyclic) bond motifs is 8. The highest BCUT2D eigenvalue weighted by Crippen LogP contribution is 2.50. The van der Waals surface area contributed by atoms with Gasteiger partial charge in [-0.25, -0.2) is 0 Å². The van der Waals surface area contributed by atoms with Crippen molar-refractivity contribution in [1.29, 1.82) is 0 Å². The van der Waals surface area contributed by atoms with E-state index >= 15 is 0 Å². The molecule has 0 unspecified atom stereocenters. The first kappa shape index (κ1) is 25.6. The molecule has 0 aliphatic rings. The van der Waals surface area contributed by atoms with E-state index in [1.165, 1.54) is 80.3 Å². The van der Waals surface area contributed by atoms with Gasteiger partial charge in [0, 0.05) is 31.1 Å². The second kappa shape index (κ2) is 9.90. The number of benzene rings is 8. The molecule has 10 rings (SSSR count). The molecule has 10 aromatic rings. The van der Waals surface area contributed by atoms with Crippen LogP contribution in [0.15, 0.2) is 162 Å². The molecule has 0 aliphatic heterocycles. The molecular formula is C44H26OS. The van der Waals surface area contributed by atoms with Gasteiger partial charge in [-0.3, -0.25) is 0 Å². The van der Waals surface area contributed by atoms with Crippen LogP contribution in [0.3, 0.4) is 0 Å². The first-order valence-corrected chi connectivity index (χ1v) is 16.5. The topological polar surface area (TPSA) is 13.1 Å². The van der Waals surface area contributed by atoms with Crippen LogP contribution in [-0.2, 0) is 0 Å².